The lowest BCUT2D eigenvalue weighted by Crippen LogP contribution is -3.17. The minimum atomic E-state index is -0.501. The third kappa shape index (κ3) is 3.78. The number of aromatic amines is 1. The van der Waals surface area contributed by atoms with Gasteiger partial charge in [-0.25, -0.2) is 4.79 Å². The molecule has 2 aromatic rings. The molecule has 140 valence electrons. The molecule has 0 saturated carbocycles. The van der Waals surface area contributed by atoms with Crippen LogP contribution in [0.1, 0.15) is 37.2 Å². The van der Waals surface area contributed by atoms with Gasteiger partial charge in [0, 0.05) is 21.3 Å². The average Bonchev–Trinajstić information content (AvgIpc) is 2.98. The monoisotopic (exact) mass is 422 g/mol. The normalized spacial score (nSPS) is 21.4. The summed E-state index contributed by atoms with van der Waals surface area (Å²) in [5.74, 6) is 0.0445. The molecule has 3 rings (SSSR count). The fraction of sp³-hybridized carbons (Fsp3) is 0.474. The van der Waals surface area contributed by atoms with E-state index in [4.69, 9.17) is 4.74 Å². The fourth-order valence-corrected chi connectivity index (χ4v) is 4.05. The summed E-state index contributed by atoms with van der Waals surface area (Å²) in [5, 5.41) is 3.76. The van der Waals surface area contributed by atoms with Crippen LogP contribution in [0.25, 0.3) is 10.9 Å². The summed E-state index contributed by atoms with van der Waals surface area (Å²) in [6.45, 7) is 6.18. The molecule has 3 N–H and O–H groups in total. The number of piperidine rings is 1. The topological polar surface area (TPSA) is 75.6 Å². The van der Waals surface area contributed by atoms with Gasteiger partial charge in [-0.05, 0) is 38.0 Å². The standard InChI is InChI=1S/C19H24BrN3O3/c1-11-5-4-8-23(10-11)12(2)18(24)22-16-14-9-13(20)6-7-15(14)21-17(16)19(25)26-3/h6-7,9,11-12,21H,4-5,8,10H2,1-3H3,(H,22,24)/p+1/t11-,12-/m0/s1. The molecule has 0 bridgehead atoms. The van der Waals surface area contributed by atoms with Crippen molar-refractivity contribution in [2.45, 2.75) is 32.7 Å². The molecule has 1 aliphatic heterocycles. The number of quaternary nitrogens is 1. The number of aromatic nitrogens is 1. The fourth-order valence-electron chi connectivity index (χ4n) is 3.69. The van der Waals surface area contributed by atoms with Gasteiger partial charge in [0.15, 0.2) is 6.04 Å². The number of hydrogen-bond acceptors (Lipinski definition) is 3. The van der Waals surface area contributed by atoms with Crippen LogP contribution >= 0.6 is 15.9 Å². The van der Waals surface area contributed by atoms with E-state index >= 15 is 0 Å². The summed E-state index contributed by atoms with van der Waals surface area (Å²) >= 11 is 3.45. The maximum atomic E-state index is 12.9. The maximum absolute atomic E-state index is 12.9. The number of carbonyl (C=O) groups excluding carboxylic acids is 2. The Labute approximate surface area is 161 Å². The number of amides is 1. The van der Waals surface area contributed by atoms with Crippen molar-refractivity contribution in [1.82, 2.24) is 4.98 Å². The summed E-state index contributed by atoms with van der Waals surface area (Å²) in [4.78, 5) is 29.4. The average molecular weight is 423 g/mol. The highest BCUT2D eigenvalue weighted by Crippen LogP contribution is 2.30. The number of methoxy groups -OCH3 is 1. The Morgan fingerprint density at radius 1 is 1.42 bits per heavy atom. The van der Waals surface area contributed by atoms with Crippen LogP contribution in [0.15, 0.2) is 22.7 Å². The van der Waals surface area contributed by atoms with Gasteiger partial charge >= 0.3 is 5.97 Å². The number of halogens is 1. The number of hydrogen-bond donors (Lipinski definition) is 3. The van der Waals surface area contributed by atoms with E-state index in [1.165, 1.54) is 18.4 Å². The first-order valence-electron chi connectivity index (χ1n) is 8.95. The third-order valence-electron chi connectivity index (χ3n) is 5.21. The molecule has 3 atom stereocenters. The molecule has 0 radical (unpaired) electrons. The van der Waals surface area contributed by atoms with Crippen molar-refractivity contribution in [3.63, 3.8) is 0 Å². The quantitative estimate of drug-likeness (QED) is 0.661. The predicted octanol–water partition coefficient (Wildman–Crippen LogP) is 2.36. The van der Waals surface area contributed by atoms with Crippen LogP contribution in [0.5, 0.6) is 0 Å². The summed E-state index contributed by atoms with van der Waals surface area (Å²) in [6.07, 6.45) is 2.36. The van der Waals surface area contributed by atoms with Crippen LogP contribution in [-0.4, -0.2) is 43.1 Å². The van der Waals surface area contributed by atoms with Gasteiger partial charge in [-0.15, -0.1) is 0 Å². The lowest BCUT2D eigenvalue weighted by Gasteiger charge is -2.31. The number of anilines is 1. The molecule has 1 saturated heterocycles. The van der Waals surface area contributed by atoms with E-state index in [1.807, 2.05) is 25.1 Å². The Kier molecular flexibility index (Phi) is 5.67. The largest absolute Gasteiger partial charge is 0.464 e. The highest BCUT2D eigenvalue weighted by Gasteiger charge is 2.31. The second-order valence-electron chi connectivity index (χ2n) is 7.13. The van der Waals surface area contributed by atoms with Gasteiger partial charge in [-0.2, -0.15) is 0 Å². The van der Waals surface area contributed by atoms with E-state index in [1.54, 1.807) is 0 Å². The first-order valence-corrected chi connectivity index (χ1v) is 9.75. The Morgan fingerprint density at radius 2 is 2.19 bits per heavy atom. The highest BCUT2D eigenvalue weighted by molar-refractivity contribution is 9.10. The second-order valence-corrected chi connectivity index (χ2v) is 8.04. The van der Waals surface area contributed by atoms with E-state index in [-0.39, 0.29) is 17.6 Å². The molecule has 2 heterocycles. The number of carbonyl (C=O) groups is 2. The number of benzene rings is 1. The molecular formula is C19H25BrN3O3+. The molecule has 6 nitrogen and oxygen atoms in total. The highest BCUT2D eigenvalue weighted by atomic mass is 79.9. The number of likely N-dealkylation sites (tertiary alicyclic amines) is 1. The zero-order valence-corrected chi connectivity index (χ0v) is 16.9. The molecule has 7 heteroatoms. The van der Waals surface area contributed by atoms with Crippen LogP contribution < -0.4 is 10.2 Å². The van der Waals surface area contributed by atoms with Gasteiger partial charge in [-0.1, -0.05) is 22.9 Å². The summed E-state index contributed by atoms with van der Waals surface area (Å²) in [6, 6.07) is 5.45. The minimum Gasteiger partial charge on any atom is -0.464 e. The zero-order valence-electron chi connectivity index (χ0n) is 15.3. The van der Waals surface area contributed by atoms with Crippen LogP contribution in [0.4, 0.5) is 5.69 Å². The van der Waals surface area contributed by atoms with Crippen LogP contribution in [0.3, 0.4) is 0 Å². The first-order chi connectivity index (χ1) is 12.4. The van der Waals surface area contributed by atoms with Crippen molar-refractivity contribution < 1.29 is 19.2 Å². The molecule has 0 aliphatic carbocycles. The lowest BCUT2D eigenvalue weighted by atomic mass is 9.99. The second kappa shape index (κ2) is 7.80. The predicted molar refractivity (Wildman–Crippen MR) is 105 cm³/mol. The van der Waals surface area contributed by atoms with Crippen molar-refractivity contribution in [3.8, 4) is 0 Å². The number of ether oxygens (including phenoxy) is 1. The maximum Gasteiger partial charge on any atom is 0.356 e. The van der Waals surface area contributed by atoms with Gasteiger partial charge in [0.05, 0.1) is 25.9 Å². The molecule has 1 aromatic carbocycles. The van der Waals surface area contributed by atoms with Gasteiger partial charge in [0.25, 0.3) is 5.91 Å². The van der Waals surface area contributed by atoms with Crippen LogP contribution in [0.2, 0.25) is 0 Å². The van der Waals surface area contributed by atoms with E-state index in [2.05, 4.69) is 33.2 Å². The van der Waals surface area contributed by atoms with Gasteiger partial charge in [0.2, 0.25) is 0 Å². The van der Waals surface area contributed by atoms with Crippen molar-refractivity contribution in [1.29, 1.82) is 0 Å². The number of fused-ring (bicyclic) bond motifs is 1. The number of esters is 1. The van der Waals surface area contributed by atoms with Crippen molar-refractivity contribution in [2.75, 3.05) is 25.5 Å². The molecule has 1 amide bonds. The van der Waals surface area contributed by atoms with E-state index in [0.29, 0.717) is 11.6 Å². The Balaban J connectivity index is 1.90. The third-order valence-corrected chi connectivity index (χ3v) is 5.70. The number of rotatable bonds is 4. The van der Waals surface area contributed by atoms with E-state index < -0.39 is 5.97 Å². The van der Waals surface area contributed by atoms with E-state index in [9.17, 15) is 9.59 Å². The smallest absolute Gasteiger partial charge is 0.356 e. The van der Waals surface area contributed by atoms with E-state index in [0.717, 1.165) is 34.9 Å². The van der Waals surface area contributed by atoms with Gasteiger partial charge in [-0.3, -0.25) is 4.79 Å². The van der Waals surface area contributed by atoms with Crippen molar-refractivity contribution >= 4 is 44.4 Å². The van der Waals surface area contributed by atoms with Crippen LogP contribution in [0, 0.1) is 5.92 Å². The lowest BCUT2D eigenvalue weighted by molar-refractivity contribution is -0.922. The summed E-state index contributed by atoms with van der Waals surface area (Å²) in [5.41, 5.74) is 1.52. The zero-order chi connectivity index (χ0) is 18.8. The molecule has 1 aliphatic rings. The molecule has 1 aromatic heterocycles. The number of nitrogens with one attached hydrogen (secondary N) is 3. The Bertz CT molecular complexity index is 833. The Hall–Kier alpha value is -1.86. The molecule has 1 unspecified atom stereocenters. The van der Waals surface area contributed by atoms with Gasteiger partial charge in [0.1, 0.15) is 5.69 Å². The SMILES string of the molecule is COC(=O)c1[nH]c2ccc(Br)cc2c1NC(=O)[C@H](C)[NH+]1CCC[C@H](C)C1. The molecule has 0 spiro atoms. The minimum absolute atomic E-state index is 0.0832. The molecule has 1 fully saturated rings. The van der Waals surface area contributed by atoms with Crippen molar-refractivity contribution in [2.24, 2.45) is 5.92 Å². The summed E-state index contributed by atoms with van der Waals surface area (Å²) < 4.78 is 5.75. The summed E-state index contributed by atoms with van der Waals surface area (Å²) in [7, 11) is 1.33. The molecule has 26 heavy (non-hydrogen) atoms. The van der Waals surface area contributed by atoms with Crippen molar-refractivity contribution in [3.05, 3.63) is 28.4 Å². The van der Waals surface area contributed by atoms with Gasteiger partial charge < -0.3 is 19.9 Å². The molecular weight excluding hydrogens is 398 g/mol. The van der Waals surface area contributed by atoms with Crippen LogP contribution in [-0.2, 0) is 9.53 Å². The number of H-pyrrole nitrogens is 1. The Morgan fingerprint density at radius 3 is 2.88 bits per heavy atom. The first kappa shape index (κ1) is 18.9.